The third kappa shape index (κ3) is 3.26. The fraction of sp³-hybridized carbons (Fsp3) is 0.800. The van der Waals surface area contributed by atoms with Gasteiger partial charge in [-0.05, 0) is 38.1 Å². The highest BCUT2D eigenvalue weighted by atomic mass is 32.1. The Morgan fingerprint density at radius 2 is 2.05 bits per heavy atom. The molecular weight excluding hydrogens is 282 g/mol. The average Bonchev–Trinajstić information content (AvgIpc) is 3.06. The third-order valence-electron chi connectivity index (χ3n) is 4.59. The Labute approximate surface area is 129 Å². The van der Waals surface area contributed by atoms with Gasteiger partial charge < -0.3 is 5.73 Å². The van der Waals surface area contributed by atoms with E-state index in [4.69, 9.17) is 5.73 Å². The summed E-state index contributed by atoms with van der Waals surface area (Å²) in [6.45, 7) is 2.92. The lowest BCUT2D eigenvalue weighted by molar-refractivity contribution is 0.296. The van der Waals surface area contributed by atoms with E-state index in [-0.39, 0.29) is 0 Å². The Hall–Kier alpha value is -1.01. The maximum absolute atomic E-state index is 5.61. The highest BCUT2D eigenvalue weighted by molar-refractivity contribution is 7.16. The van der Waals surface area contributed by atoms with Crippen LogP contribution in [0.25, 0.3) is 4.96 Å². The van der Waals surface area contributed by atoms with Crippen LogP contribution in [0.5, 0.6) is 0 Å². The first-order valence-electron chi connectivity index (χ1n) is 8.23. The van der Waals surface area contributed by atoms with E-state index >= 15 is 0 Å². The first kappa shape index (κ1) is 14.9. The molecule has 21 heavy (non-hydrogen) atoms. The van der Waals surface area contributed by atoms with E-state index in [0.717, 1.165) is 28.1 Å². The van der Waals surface area contributed by atoms with Crippen molar-refractivity contribution in [2.24, 2.45) is 11.7 Å². The molecule has 0 spiro atoms. The SMILES string of the molecule is CCCCC1CCC(c2nnc3sc(CCN)nn23)CC1. The summed E-state index contributed by atoms with van der Waals surface area (Å²) in [5.74, 6) is 2.53. The molecule has 1 aliphatic rings. The molecule has 116 valence electrons. The highest BCUT2D eigenvalue weighted by Gasteiger charge is 2.26. The molecule has 1 saturated carbocycles. The maximum atomic E-state index is 5.61. The summed E-state index contributed by atoms with van der Waals surface area (Å²) in [5, 5.41) is 14.4. The van der Waals surface area contributed by atoms with Gasteiger partial charge in [0.05, 0.1) is 0 Å². The number of rotatable bonds is 6. The Kier molecular flexibility index (Phi) is 4.85. The normalized spacial score (nSPS) is 23.0. The number of nitrogens with zero attached hydrogens (tertiary/aromatic N) is 4. The maximum Gasteiger partial charge on any atom is 0.234 e. The van der Waals surface area contributed by atoms with Crippen molar-refractivity contribution in [1.29, 1.82) is 0 Å². The van der Waals surface area contributed by atoms with Gasteiger partial charge in [-0.15, -0.1) is 10.2 Å². The lowest BCUT2D eigenvalue weighted by atomic mass is 9.79. The average molecular weight is 307 g/mol. The molecule has 1 aliphatic carbocycles. The number of nitrogens with two attached hydrogens (primary N) is 1. The fourth-order valence-electron chi connectivity index (χ4n) is 3.35. The van der Waals surface area contributed by atoms with Crippen molar-refractivity contribution in [2.75, 3.05) is 6.54 Å². The summed E-state index contributed by atoms with van der Waals surface area (Å²) in [6, 6.07) is 0. The van der Waals surface area contributed by atoms with Crippen LogP contribution < -0.4 is 5.73 Å². The van der Waals surface area contributed by atoms with E-state index in [1.165, 1.54) is 44.9 Å². The number of aromatic nitrogens is 4. The van der Waals surface area contributed by atoms with Crippen LogP contribution in [0.2, 0.25) is 0 Å². The molecule has 0 saturated heterocycles. The van der Waals surface area contributed by atoms with Gasteiger partial charge in [0.2, 0.25) is 4.96 Å². The first-order chi connectivity index (χ1) is 10.3. The van der Waals surface area contributed by atoms with Gasteiger partial charge >= 0.3 is 0 Å². The number of fused-ring (bicyclic) bond motifs is 1. The van der Waals surface area contributed by atoms with Crippen LogP contribution >= 0.6 is 11.3 Å². The molecule has 3 rings (SSSR count). The zero-order chi connectivity index (χ0) is 14.7. The summed E-state index contributed by atoms with van der Waals surface area (Å²) >= 11 is 1.62. The number of hydrogen-bond acceptors (Lipinski definition) is 5. The zero-order valence-corrected chi connectivity index (χ0v) is 13.6. The Balaban J connectivity index is 1.67. The first-order valence-corrected chi connectivity index (χ1v) is 9.04. The molecule has 0 bridgehead atoms. The van der Waals surface area contributed by atoms with Crippen LogP contribution in [0.4, 0.5) is 0 Å². The van der Waals surface area contributed by atoms with Crippen molar-refractivity contribution in [3.8, 4) is 0 Å². The third-order valence-corrected chi connectivity index (χ3v) is 5.55. The van der Waals surface area contributed by atoms with E-state index < -0.39 is 0 Å². The van der Waals surface area contributed by atoms with Crippen LogP contribution in [-0.2, 0) is 6.42 Å². The predicted molar refractivity (Wildman–Crippen MR) is 85.6 cm³/mol. The van der Waals surface area contributed by atoms with Gasteiger partial charge in [0, 0.05) is 12.3 Å². The standard InChI is InChI=1S/C15H25N5S/c1-2-3-4-11-5-7-12(8-6-11)14-17-18-15-20(14)19-13(21-15)9-10-16/h11-12H,2-10,16H2,1H3. The van der Waals surface area contributed by atoms with Crippen LogP contribution in [0.3, 0.4) is 0 Å². The molecule has 0 aliphatic heterocycles. The van der Waals surface area contributed by atoms with Crippen molar-refractivity contribution >= 4 is 16.3 Å². The second-order valence-electron chi connectivity index (χ2n) is 6.15. The van der Waals surface area contributed by atoms with E-state index in [1.807, 2.05) is 4.52 Å². The molecule has 0 radical (unpaired) electrons. The Bertz CT molecular complexity index is 568. The molecule has 2 aromatic heterocycles. The number of unbranched alkanes of at least 4 members (excludes halogenated alkanes) is 1. The monoisotopic (exact) mass is 307 g/mol. The van der Waals surface area contributed by atoms with Crippen molar-refractivity contribution in [3.63, 3.8) is 0 Å². The second kappa shape index (κ2) is 6.83. The Morgan fingerprint density at radius 1 is 1.24 bits per heavy atom. The van der Waals surface area contributed by atoms with Crippen molar-refractivity contribution in [1.82, 2.24) is 19.8 Å². The highest BCUT2D eigenvalue weighted by Crippen LogP contribution is 2.37. The Morgan fingerprint density at radius 3 is 2.76 bits per heavy atom. The van der Waals surface area contributed by atoms with Crippen LogP contribution in [0.1, 0.15) is 68.6 Å². The van der Waals surface area contributed by atoms with Crippen LogP contribution in [0, 0.1) is 5.92 Å². The largest absolute Gasteiger partial charge is 0.330 e. The summed E-state index contributed by atoms with van der Waals surface area (Å²) in [5.41, 5.74) is 5.61. The fourth-order valence-corrected chi connectivity index (χ4v) is 4.21. The van der Waals surface area contributed by atoms with Gasteiger partial charge in [0.15, 0.2) is 5.82 Å². The van der Waals surface area contributed by atoms with Gasteiger partial charge in [-0.25, -0.2) is 0 Å². The van der Waals surface area contributed by atoms with E-state index in [0.29, 0.717) is 12.5 Å². The van der Waals surface area contributed by atoms with E-state index in [2.05, 4.69) is 22.2 Å². The second-order valence-corrected chi connectivity index (χ2v) is 7.19. The molecule has 0 unspecified atom stereocenters. The minimum atomic E-state index is 0.533. The minimum absolute atomic E-state index is 0.533. The van der Waals surface area contributed by atoms with Crippen molar-refractivity contribution in [3.05, 3.63) is 10.8 Å². The van der Waals surface area contributed by atoms with Crippen LogP contribution in [-0.4, -0.2) is 26.4 Å². The van der Waals surface area contributed by atoms with Gasteiger partial charge in [-0.3, -0.25) is 0 Å². The van der Waals surface area contributed by atoms with Gasteiger partial charge in [-0.2, -0.15) is 9.61 Å². The van der Waals surface area contributed by atoms with Gasteiger partial charge in [0.1, 0.15) is 5.01 Å². The topological polar surface area (TPSA) is 69.1 Å². The summed E-state index contributed by atoms with van der Waals surface area (Å²) < 4.78 is 1.96. The molecule has 6 heteroatoms. The molecule has 2 aromatic rings. The molecule has 2 heterocycles. The summed E-state index contributed by atoms with van der Waals surface area (Å²) in [4.78, 5) is 0.918. The molecule has 1 fully saturated rings. The quantitative estimate of drug-likeness (QED) is 0.890. The smallest absolute Gasteiger partial charge is 0.234 e. The number of hydrogen-bond donors (Lipinski definition) is 1. The predicted octanol–water partition coefficient (Wildman–Crippen LogP) is 3.15. The molecule has 5 nitrogen and oxygen atoms in total. The summed E-state index contributed by atoms with van der Waals surface area (Å²) in [6.07, 6.45) is 10.1. The van der Waals surface area contributed by atoms with Crippen molar-refractivity contribution in [2.45, 2.75) is 64.2 Å². The molecule has 0 amide bonds. The molecular formula is C15H25N5S. The molecule has 2 N–H and O–H groups in total. The van der Waals surface area contributed by atoms with Crippen molar-refractivity contribution < 1.29 is 0 Å². The zero-order valence-electron chi connectivity index (χ0n) is 12.8. The van der Waals surface area contributed by atoms with Crippen LogP contribution in [0.15, 0.2) is 0 Å². The van der Waals surface area contributed by atoms with E-state index in [9.17, 15) is 0 Å². The lowest BCUT2D eigenvalue weighted by Crippen LogP contribution is -2.16. The lowest BCUT2D eigenvalue weighted by Gasteiger charge is -2.27. The van der Waals surface area contributed by atoms with Gasteiger partial charge in [0.25, 0.3) is 0 Å². The molecule has 0 aromatic carbocycles. The minimum Gasteiger partial charge on any atom is -0.330 e. The molecule has 0 atom stereocenters. The summed E-state index contributed by atoms with van der Waals surface area (Å²) in [7, 11) is 0. The van der Waals surface area contributed by atoms with Gasteiger partial charge in [-0.1, -0.05) is 37.5 Å². The van der Waals surface area contributed by atoms with E-state index in [1.54, 1.807) is 11.3 Å².